The van der Waals surface area contributed by atoms with E-state index in [4.69, 9.17) is 0 Å². The second-order valence-corrected chi connectivity index (χ2v) is 4.92. The summed E-state index contributed by atoms with van der Waals surface area (Å²) in [6.45, 7) is 1.11. The quantitative estimate of drug-likeness (QED) is 0.735. The minimum Gasteiger partial charge on any atom is -0.373 e. The van der Waals surface area contributed by atoms with E-state index < -0.39 is 0 Å². The summed E-state index contributed by atoms with van der Waals surface area (Å²) in [6.07, 6.45) is 6.47. The molecule has 17 heavy (non-hydrogen) atoms. The van der Waals surface area contributed by atoms with E-state index >= 15 is 0 Å². The zero-order valence-corrected chi connectivity index (χ0v) is 9.93. The lowest BCUT2D eigenvalue weighted by molar-refractivity contribution is -0.115. The Labute approximate surface area is 102 Å². The van der Waals surface area contributed by atoms with Crippen molar-refractivity contribution in [2.24, 2.45) is 0 Å². The summed E-state index contributed by atoms with van der Waals surface area (Å²) in [7, 11) is 0. The minimum atomic E-state index is 0.305. The van der Waals surface area contributed by atoms with E-state index in [2.05, 4.69) is 11.1 Å². The first kappa shape index (κ1) is 10.6. The van der Waals surface area contributed by atoms with Crippen molar-refractivity contribution in [2.75, 3.05) is 6.54 Å². The van der Waals surface area contributed by atoms with Gasteiger partial charge in [0.05, 0.1) is 0 Å². The standard InChI is InChI=1S/C15H17NO/c17-15-10-13-8-4-5-9-16(13)11-14(15)12-6-2-1-3-7-12/h1-3,6-7,11,13H,4-5,8-10H2. The normalized spacial score (nSPS) is 24.2. The van der Waals surface area contributed by atoms with Crippen molar-refractivity contribution in [2.45, 2.75) is 31.7 Å². The summed E-state index contributed by atoms with van der Waals surface area (Å²) in [5.41, 5.74) is 1.95. The van der Waals surface area contributed by atoms with Crippen molar-refractivity contribution in [3.8, 4) is 0 Å². The Balaban J connectivity index is 1.94. The molecule has 3 rings (SSSR count). The Hall–Kier alpha value is -1.57. The summed E-state index contributed by atoms with van der Waals surface area (Å²) in [4.78, 5) is 14.5. The number of hydrogen-bond acceptors (Lipinski definition) is 2. The Morgan fingerprint density at radius 2 is 1.94 bits per heavy atom. The van der Waals surface area contributed by atoms with Crippen LogP contribution in [0, 0.1) is 0 Å². The van der Waals surface area contributed by atoms with Crippen LogP contribution in [0.1, 0.15) is 31.2 Å². The van der Waals surface area contributed by atoms with Gasteiger partial charge in [-0.2, -0.15) is 0 Å². The van der Waals surface area contributed by atoms with E-state index in [0.29, 0.717) is 18.2 Å². The lowest BCUT2D eigenvalue weighted by Gasteiger charge is -2.38. The van der Waals surface area contributed by atoms with Crippen molar-refractivity contribution >= 4 is 11.4 Å². The van der Waals surface area contributed by atoms with Gasteiger partial charge in [0.15, 0.2) is 5.78 Å². The number of ketones is 1. The molecule has 0 amide bonds. The number of hydrogen-bond donors (Lipinski definition) is 0. The molecule has 2 nitrogen and oxygen atoms in total. The van der Waals surface area contributed by atoms with E-state index in [-0.39, 0.29) is 0 Å². The first-order valence-electron chi connectivity index (χ1n) is 6.41. The van der Waals surface area contributed by atoms with E-state index in [9.17, 15) is 4.79 Å². The van der Waals surface area contributed by atoms with Crippen molar-refractivity contribution in [3.05, 3.63) is 42.1 Å². The van der Waals surface area contributed by atoms with Gasteiger partial charge < -0.3 is 4.90 Å². The topological polar surface area (TPSA) is 20.3 Å². The summed E-state index contributed by atoms with van der Waals surface area (Å²) >= 11 is 0. The second kappa shape index (κ2) is 4.36. The average molecular weight is 227 g/mol. The van der Waals surface area contributed by atoms with Crippen LogP contribution in [0.2, 0.25) is 0 Å². The number of benzene rings is 1. The molecule has 1 aromatic carbocycles. The minimum absolute atomic E-state index is 0.305. The zero-order chi connectivity index (χ0) is 11.7. The number of Topliss-reactive ketones (excluding diaryl/α,β-unsaturated/α-hetero) is 1. The van der Waals surface area contributed by atoms with Crippen molar-refractivity contribution < 1.29 is 4.79 Å². The van der Waals surface area contributed by atoms with E-state index in [1.807, 2.05) is 30.3 Å². The van der Waals surface area contributed by atoms with Crippen molar-refractivity contribution in [3.63, 3.8) is 0 Å². The predicted octanol–water partition coefficient (Wildman–Crippen LogP) is 2.85. The molecule has 0 aromatic heterocycles. The van der Waals surface area contributed by atoms with Gasteiger partial charge in [-0.3, -0.25) is 4.79 Å². The van der Waals surface area contributed by atoms with Gasteiger partial charge in [0.2, 0.25) is 0 Å². The van der Waals surface area contributed by atoms with Gasteiger partial charge in [-0.05, 0) is 24.8 Å². The van der Waals surface area contributed by atoms with E-state index in [1.165, 1.54) is 19.3 Å². The maximum atomic E-state index is 12.2. The molecule has 88 valence electrons. The van der Waals surface area contributed by atoms with E-state index in [0.717, 1.165) is 17.7 Å². The number of piperidine rings is 1. The monoisotopic (exact) mass is 227 g/mol. The summed E-state index contributed by atoms with van der Waals surface area (Å²) in [5, 5.41) is 0. The average Bonchev–Trinajstić information content (AvgIpc) is 2.39. The highest BCUT2D eigenvalue weighted by atomic mass is 16.1. The SMILES string of the molecule is O=C1CC2CCCCN2C=C1c1ccccc1. The molecule has 2 heterocycles. The number of carbonyl (C=O) groups excluding carboxylic acids is 1. The molecular formula is C15H17NO. The van der Waals surface area contributed by atoms with Crippen LogP contribution in [0.25, 0.3) is 5.57 Å². The van der Waals surface area contributed by atoms with Crippen molar-refractivity contribution in [1.29, 1.82) is 0 Å². The van der Waals surface area contributed by atoms with Gasteiger partial charge in [0.1, 0.15) is 0 Å². The van der Waals surface area contributed by atoms with Crippen LogP contribution in [-0.2, 0) is 4.79 Å². The number of nitrogens with zero attached hydrogens (tertiary/aromatic N) is 1. The lowest BCUT2D eigenvalue weighted by Crippen LogP contribution is -2.40. The van der Waals surface area contributed by atoms with Gasteiger partial charge in [-0.25, -0.2) is 0 Å². The number of fused-ring (bicyclic) bond motifs is 1. The highest BCUT2D eigenvalue weighted by molar-refractivity contribution is 6.21. The maximum Gasteiger partial charge on any atom is 0.166 e. The van der Waals surface area contributed by atoms with Gasteiger partial charge in [-0.15, -0.1) is 0 Å². The lowest BCUT2D eigenvalue weighted by atomic mass is 9.89. The molecule has 1 atom stereocenters. The van der Waals surface area contributed by atoms with Gasteiger partial charge >= 0.3 is 0 Å². The molecule has 0 aliphatic carbocycles. The molecule has 1 aromatic rings. The molecule has 2 aliphatic heterocycles. The van der Waals surface area contributed by atoms with Crippen LogP contribution in [0.15, 0.2) is 36.5 Å². The Morgan fingerprint density at radius 3 is 2.76 bits per heavy atom. The molecule has 0 spiro atoms. The molecule has 0 bridgehead atoms. The molecule has 1 saturated heterocycles. The number of allylic oxidation sites excluding steroid dienone is 1. The number of rotatable bonds is 1. The maximum absolute atomic E-state index is 12.2. The second-order valence-electron chi connectivity index (χ2n) is 4.92. The first-order chi connectivity index (χ1) is 8.34. The largest absolute Gasteiger partial charge is 0.373 e. The molecular weight excluding hydrogens is 210 g/mol. The highest BCUT2D eigenvalue weighted by Crippen LogP contribution is 2.30. The zero-order valence-electron chi connectivity index (χ0n) is 9.93. The molecule has 1 unspecified atom stereocenters. The Morgan fingerprint density at radius 1 is 1.12 bits per heavy atom. The fraction of sp³-hybridized carbons (Fsp3) is 0.400. The third kappa shape index (κ3) is 1.99. The molecule has 2 aliphatic rings. The van der Waals surface area contributed by atoms with Crippen LogP contribution in [-0.4, -0.2) is 23.3 Å². The van der Waals surface area contributed by atoms with Gasteiger partial charge in [-0.1, -0.05) is 30.3 Å². The summed E-state index contributed by atoms with van der Waals surface area (Å²) in [5.74, 6) is 0.305. The van der Waals surface area contributed by atoms with Gasteiger partial charge in [0.25, 0.3) is 0 Å². The van der Waals surface area contributed by atoms with Crippen LogP contribution in [0.4, 0.5) is 0 Å². The summed E-state index contributed by atoms with van der Waals surface area (Å²) in [6, 6.07) is 10.5. The Kier molecular flexibility index (Phi) is 2.71. The van der Waals surface area contributed by atoms with Crippen LogP contribution >= 0.6 is 0 Å². The van der Waals surface area contributed by atoms with E-state index in [1.54, 1.807) is 0 Å². The van der Waals surface area contributed by atoms with Crippen LogP contribution in [0.5, 0.6) is 0 Å². The van der Waals surface area contributed by atoms with Crippen molar-refractivity contribution in [1.82, 2.24) is 4.90 Å². The molecule has 0 radical (unpaired) electrons. The molecule has 2 heteroatoms. The Bertz CT molecular complexity index is 449. The highest BCUT2D eigenvalue weighted by Gasteiger charge is 2.29. The fourth-order valence-electron chi connectivity index (χ4n) is 2.83. The molecule has 0 saturated carbocycles. The first-order valence-corrected chi connectivity index (χ1v) is 6.41. The smallest absolute Gasteiger partial charge is 0.166 e. The van der Waals surface area contributed by atoms with Crippen LogP contribution in [0.3, 0.4) is 0 Å². The fourth-order valence-corrected chi connectivity index (χ4v) is 2.83. The third-order valence-corrected chi connectivity index (χ3v) is 3.77. The predicted molar refractivity (Wildman–Crippen MR) is 68.4 cm³/mol. The molecule has 1 fully saturated rings. The van der Waals surface area contributed by atoms with Crippen LogP contribution < -0.4 is 0 Å². The number of carbonyl (C=O) groups is 1. The third-order valence-electron chi connectivity index (χ3n) is 3.77. The molecule has 0 N–H and O–H groups in total. The van der Waals surface area contributed by atoms with Gasteiger partial charge in [0, 0.05) is 30.8 Å². The summed E-state index contributed by atoms with van der Waals surface area (Å²) < 4.78 is 0.